The number of anilines is 2. The van der Waals surface area contributed by atoms with Crippen molar-refractivity contribution in [3.05, 3.63) is 59.7 Å². The van der Waals surface area contributed by atoms with Gasteiger partial charge in [-0.1, -0.05) is 36.4 Å². The van der Waals surface area contributed by atoms with Crippen molar-refractivity contribution in [3.63, 3.8) is 0 Å². The summed E-state index contributed by atoms with van der Waals surface area (Å²) in [6.45, 7) is 3.33. The highest BCUT2D eigenvalue weighted by Gasteiger charge is 2.33. The molecule has 1 N–H and O–H groups in total. The second-order valence-electron chi connectivity index (χ2n) is 7.37. The van der Waals surface area contributed by atoms with Gasteiger partial charge in [0.2, 0.25) is 5.91 Å². The number of benzene rings is 2. The van der Waals surface area contributed by atoms with E-state index in [-0.39, 0.29) is 11.9 Å². The van der Waals surface area contributed by atoms with Crippen molar-refractivity contribution in [1.29, 1.82) is 0 Å². The van der Waals surface area contributed by atoms with E-state index in [2.05, 4.69) is 5.32 Å². The van der Waals surface area contributed by atoms with Crippen molar-refractivity contribution in [2.24, 2.45) is 0 Å². The van der Waals surface area contributed by atoms with Gasteiger partial charge in [-0.2, -0.15) is 0 Å². The molecule has 2 fully saturated rings. The minimum atomic E-state index is -0.0747. The summed E-state index contributed by atoms with van der Waals surface area (Å²) in [6.07, 6.45) is 3.60. The van der Waals surface area contributed by atoms with Crippen LogP contribution < -0.4 is 10.2 Å². The fraction of sp³-hybridized carbons (Fsp3) is 0.364. The minimum absolute atomic E-state index is 0.0747. The van der Waals surface area contributed by atoms with Crippen molar-refractivity contribution in [1.82, 2.24) is 4.90 Å². The smallest absolute Gasteiger partial charge is 0.317 e. The van der Waals surface area contributed by atoms with Gasteiger partial charge in [0.15, 0.2) is 0 Å². The number of carbonyl (C=O) groups excluding carboxylic acids is 2. The van der Waals surface area contributed by atoms with Gasteiger partial charge in [0.05, 0.1) is 0 Å². The van der Waals surface area contributed by atoms with Gasteiger partial charge in [0.1, 0.15) is 0 Å². The first kappa shape index (κ1) is 17.6. The molecular formula is C22H25N3O2. The lowest BCUT2D eigenvalue weighted by molar-refractivity contribution is -0.117. The van der Waals surface area contributed by atoms with Crippen LogP contribution in [-0.4, -0.2) is 29.4 Å². The molecule has 0 atom stereocenters. The predicted octanol–water partition coefficient (Wildman–Crippen LogP) is 4.32. The SMILES string of the molecule is Cc1c(NC(=O)N(Cc2ccccc2)C2CC2)cccc1N1CCCC1=O. The second-order valence-corrected chi connectivity index (χ2v) is 7.37. The lowest BCUT2D eigenvalue weighted by atomic mass is 10.1. The number of hydrogen-bond donors (Lipinski definition) is 1. The number of nitrogens with one attached hydrogen (secondary N) is 1. The third-order valence-corrected chi connectivity index (χ3v) is 5.36. The summed E-state index contributed by atoms with van der Waals surface area (Å²) in [5, 5.41) is 3.08. The molecule has 4 rings (SSSR count). The first-order valence-electron chi connectivity index (χ1n) is 9.65. The molecule has 2 aromatic carbocycles. The summed E-state index contributed by atoms with van der Waals surface area (Å²) in [5.74, 6) is 0.158. The summed E-state index contributed by atoms with van der Waals surface area (Å²) >= 11 is 0. The van der Waals surface area contributed by atoms with Crippen LogP contribution in [0.25, 0.3) is 0 Å². The predicted molar refractivity (Wildman–Crippen MR) is 107 cm³/mol. The first-order valence-corrected chi connectivity index (χ1v) is 9.65. The molecule has 27 heavy (non-hydrogen) atoms. The highest BCUT2D eigenvalue weighted by Crippen LogP contribution is 2.32. The van der Waals surface area contributed by atoms with Gasteiger partial charge >= 0.3 is 6.03 Å². The molecule has 5 heteroatoms. The Morgan fingerprint density at radius 2 is 1.93 bits per heavy atom. The van der Waals surface area contributed by atoms with E-state index in [4.69, 9.17) is 0 Å². The van der Waals surface area contributed by atoms with Gasteiger partial charge in [-0.3, -0.25) is 4.79 Å². The van der Waals surface area contributed by atoms with E-state index in [1.807, 2.05) is 65.3 Å². The van der Waals surface area contributed by atoms with Crippen molar-refractivity contribution in [2.45, 2.75) is 45.2 Å². The lowest BCUT2D eigenvalue weighted by Gasteiger charge is -2.25. The standard InChI is InChI=1S/C22H25N3O2/c1-16-19(9-5-10-20(16)24-14-6-11-21(24)26)23-22(27)25(18-12-13-18)15-17-7-3-2-4-8-17/h2-5,7-10,18H,6,11-15H2,1H3,(H,23,27). The number of rotatable bonds is 5. The molecule has 2 aliphatic rings. The largest absolute Gasteiger partial charge is 0.322 e. The van der Waals surface area contributed by atoms with Crippen molar-refractivity contribution in [3.8, 4) is 0 Å². The molecular weight excluding hydrogens is 338 g/mol. The molecule has 1 aliphatic carbocycles. The van der Waals surface area contributed by atoms with Crippen LogP contribution in [0.15, 0.2) is 48.5 Å². The molecule has 0 bridgehead atoms. The van der Waals surface area contributed by atoms with Gasteiger partial charge in [0, 0.05) is 36.9 Å². The Bertz CT molecular complexity index is 846. The van der Waals surface area contributed by atoms with Crippen LogP contribution in [0.4, 0.5) is 16.2 Å². The van der Waals surface area contributed by atoms with Gasteiger partial charge in [-0.25, -0.2) is 4.79 Å². The highest BCUT2D eigenvalue weighted by atomic mass is 16.2. The third-order valence-electron chi connectivity index (χ3n) is 5.36. The molecule has 3 amide bonds. The van der Waals surface area contributed by atoms with E-state index in [9.17, 15) is 9.59 Å². The van der Waals surface area contributed by atoms with Crippen LogP contribution in [-0.2, 0) is 11.3 Å². The zero-order valence-corrected chi connectivity index (χ0v) is 15.6. The monoisotopic (exact) mass is 363 g/mol. The summed E-state index contributed by atoms with van der Waals surface area (Å²) < 4.78 is 0. The molecule has 0 aromatic heterocycles. The number of amides is 3. The maximum Gasteiger partial charge on any atom is 0.322 e. The maximum atomic E-state index is 13.0. The fourth-order valence-corrected chi connectivity index (χ4v) is 3.67. The van der Waals surface area contributed by atoms with Crippen LogP contribution in [0.3, 0.4) is 0 Å². The summed E-state index contributed by atoms with van der Waals surface area (Å²) in [4.78, 5) is 28.8. The normalized spacial score (nSPS) is 16.5. The van der Waals surface area contributed by atoms with E-state index in [0.717, 1.165) is 48.3 Å². The Hall–Kier alpha value is -2.82. The summed E-state index contributed by atoms with van der Waals surface area (Å²) in [5.41, 5.74) is 3.75. The van der Waals surface area contributed by atoms with Crippen LogP contribution in [0, 0.1) is 6.92 Å². The van der Waals surface area contributed by atoms with Crippen LogP contribution in [0.5, 0.6) is 0 Å². The molecule has 0 unspecified atom stereocenters. The summed E-state index contributed by atoms with van der Waals surface area (Å²) in [6, 6.07) is 16.1. The molecule has 0 spiro atoms. The molecule has 1 aliphatic heterocycles. The number of hydrogen-bond acceptors (Lipinski definition) is 2. The van der Waals surface area contributed by atoms with Crippen LogP contribution in [0.2, 0.25) is 0 Å². The summed E-state index contributed by atoms with van der Waals surface area (Å²) in [7, 11) is 0. The average molecular weight is 363 g/mol. The van der Waals surface area contributed by atoms with E-state index < -0.39 is 0 Å². The Morgan fingerprint density at radius 1 is 1.15 bits per heavy atom. The lowest BCUT2D eigenvalue weighted by Crippen LogP contribution is -2.36. The van der Waals surface area contributed by atoms with E-state index in [0.29, 0.717) is 19.0 Å². The second kappa shape index (κ2) is 7.43. The van der Waals surface area contributed by atoms with Gasteiger partial charge in [0.25, 0.3) is 0 Å². The zero-order chi connectivity index (χ0) is 18.8. The van der Waals surface area contributed by atoms with Gasteiger partial charge in [-0.05, 0) is 49.4 Å². The fourth-order valence-electron chi connectivity index (χ4n) is 3.67. The third kappa shape index (κ3) is 3.82. The van der Waals surface area contributed by atoms with Gasteiger partial charge in [-0.15, -0.1) is 0 Å². The van der Waals surface area contributed by atoms with Crippen molar-refractivity contribution < 1.29 is 9.59 Å². The minimum Gasteiger partial charge on any atom is -0.317 e. The molecule has 5 nitrogen and oxygen atoms in total. The number of nitrogens with zero attached hydrogens (tertiary/aromatic N) is 2. The van der Waals surface area contributed by atoms with Crippen LogP contribution in [0.1, 0.15) is 36.8 Å². The molecule has 0 radical (unpaired) electrons. The van der Waals surface area contributed by atoms with Crippen molar-refractivity contribution >= 4 is 23.3 Å². The quantitative estimate of drug-likeness (QED) is 0.860. The highest BCUT2D eigenvalue weighted by molar-refractivity contribution is 5.98. The Labute approximate surface area is 160 Å². The van der Waals surface area contributed by atoms with E-state index in [1.54, 1.807) is 0 Å². The zero-order valence-electron chi connectivity index (χ0n) is 15.6. The molecule has 2 aromatic rings. The molecule has 140 valence electrons. The number of carbonyl (C=O) groups is 2. The van der Waals surface area contributed by atoms with E-state index >= 15 is 0 Å². The molecule has 1 saturated heterocycles. The maximum absolute atomic E-state index is 13.0. The first-order chi connectivity index (χ1) is 13.1. The average Bonchev–Trinajstić information content (AvgIpc) is 3.43. The number of urea groups is 1. The van der Waals surface area contributed by atoms with Crippen LogP contribution >= 0.6 is 0 Å². The molecule has 1 saturated carbocycles. The topological polar surface area (TPSA) is 52.7 Å². The van der Waals surface area contributed by atoms with E-state index in [1.165, 1.54) is 0 Å². The van der Waals surface area contributed by atoms with Gasteiger partial charge < -0.3 is 15.1 Å². The Balaban J connectivity index is 1.52. The van der Waals surface area contributed by atoms with Crippen molar-refractivity contribution in [2.75, 3.05) is 16.8 Å². The Morgan fingerprint density at radius 3 is 2.59 bits per heavy atom. The Kier molecular flexibility index (Phi) is 4.84. The molecule has 1 heterocycles.